The van der Waals surface area contributed by atoms with Gasteiger partial charge in [0.15, 0.2) is 11.5 Å². The van der Waals surface area contributed by atoms with Crippen LogP contribution in [0.5, 0.6) is 17.2 Å². The van der Waals surface area contributed by atoms with Gasteiger partial charge in [0.2, 0.25) is 12.9 Å². The molecule has 0 fully saturated rings. The van der Waals surface area contributed by atoms with E-state index in [1.807, 2.05) is 0 Å². The Morgan fingerprint density at radius 1 is 1.47 bits per heavy atom. The highest BCUT2D eigenvalue weighted by molar-refractivity contribution is 5.52. The Bertz CT molecular complexity index is 424. The number of carbonyl (C=O) groups excluding carboxylic acids is 1. The van der Waals surface area contributed by atoms with Crippen LogP contribution >= 0.6 is 0 Å². The minimum atomic E-state index is 0.207. The fourth-order valence-corrected chi connectivity index (χ4v) is 1.40. The average molecular weight is 207 g/mol. The van der Waals surface area contributed by atoms with Gasteiger partial charge < -0.3 is 14.2 Å². The highest BCUT2D eigenvalue weighted by Crippen LogP contribution is 2.38. The average Bonchev–Trinajstić information content (AvgIpc) is 2.71. The Kier molecular flexibility index (Phi) is 2.56. The van der Waals surface area contributed by atoms with Crippen molar-refractivity contribution in [3.05, 3.63) is 17.7 Å². The maximum Gasteiger partial charge on any atom is 0.235 e. The predicted molar refractivity (Wildman–Crippen MR) is 50.9 cm³/mol. The summed E-state index contributed by atoms with van der Waals surface area (Å²) in [4.78, 5) is 13.5. The molecule has 0 amide bonds. The van der Waals surface area contributed by atoms with Gasteiger partial charge in [0.1, 0.15) is 5.75 Å². The molecule has 0 aromatic heterocycles. The summed E-state index contributed by atoms with van der Waals surface area (Å²) in [6.07, 6.45) is 1.48. The molecule has 5 heteroatoms. The molecule has 78 valence electrons. The summed E-state index contributed by atoms with van der Waals surface area (Å²) in [6, 6.07) is 3.47. The van der Waals surface area contributed by atoms with Crippen molar-refractivity contribution in [2.75, 3.05) is 13.9 Å². The lowest BCUT2D eigenvalue weighted by atomic mass is 10.2. The second-order valence-corrected chi connectivity index (χ2v) is 2.92. The summed E-state index contributed by atoms with van der Waals surface area (Å²) in [5.74, 6) is 1.91. The van der Waals surface area contributed by atoms with Gasteiger partial charge in [-0.3, -0.25) is 0 Å². The number of nitrogens with zero attached hydrogens (tertiary/aromatic N) is 1. The number of benzene rings is 1. The van der Waals surface area contributed by atoms with Crippen LogP contribution < -0.4 is 14.2 Å². The molecule has 0 aliphatic carbocycles. The molecule has 0 atom stereocenters. The third-order valence-electron chi connectivity index (χ3n) is 2.09. The van der Waals surface area contributed by atoms with E-state index in [1.165, 1.54) is 6.08 Å². The van der Waals surface area contributed by atoms with Crippen molar-refractivity contribution >= 4 is 6.08 Å². The first-order chi connectivity index (χ1) is 7.35. The second kappa shape index (κ2) is 4.02. The molecule has 0 spiro atoms. The number of rotatable bonds is 3. The van der Waals surface area contributed by atoms with E-state index in [4.69, 9.17) is 14.2 Å². The van der Waals surface area contributed by atoms with Gasteiger partial charge >= 0.3 is 0 Å². The number of fused-ring (bicyclic) bond motifs is 1. The monoisotopic (exact) mass is 207 g/mol. The van der Waals surface area contributed by atoms with Crippen molar-refractivity contribution in [1.29, 1.82) is 0 Å². The molecule has 1 aliphatic heterocycles. The van der Waals surface area contributed by atoms with Crippen LogP contribution in [-0.2, 0) is 11.3 Å². The maximum absolute atomic E-state index is 10.0. The van der Waals surface area contributed by atoms with Crippen LogP contribution in [0.1, 0.15) is 5.56 Å². The number of methoxy groups -OCH3 is 1. The van der Waals surface area contributed by atoms with Crippen molar-refractivity contribution in [1.82, 2.24) is 0 Å². The zero-order chi connectivity index (χ0) is 10.7. The van der Waals surface area contributed by atoms with Gasteiger partial charge in [-0.05, 0) is 6.07 Å². The van der Waals surface area contributed by atoms with Crippen molar-refractivity contribution < 1.29 is 19.0 Å². The summed E-state index contributed by atoms with van der Waals surface area (Å²) < 4.78 is 15.5. The van der Waals surface area contributed by atoms with E-state index in [1.54, 1.807) is 19.2 Å². The van der Waals surface area contributed by atoms with Gasteiger partial charge in [0.05, 0.1) is 13.7 Å². The van der Waals surface area contributed by atoms with Gasteiger partial charge in [-0.1, -0.05) is 0 Å². The van der Waals surface area contributed by atoms with E-state index in [2.05, 4.69) is 4.99 Å². The van der Waals surface area contributed by atoms with Crippen LogP contribution in [0.2, 0.25) is 0 Å². The third-order valence-corrected chi connectivity index (χ3v) is 2.09. The van der Waals surface area contributed by atoms with Crippen LogP contribution in [0.3, 0.4) is 0 Å². The third kappa shape index (κ3) is 1.78. The molecule has 0 bridgehead atoms. The van der Waals surface area contributed by atoms with E-state index in [0.29, 0.717) is 17.2 Å². The minimum absolute atomic E-state index is 0.207. The summed E-state index contributed by atoms with van der Waals surface area (Å²) in [5.41, 5.74) is 0.769. The molecule has 2 rings (SSSR count). The first-order valence-corrected chi connectivity index (χ1v) is 4.35. The van der Waals surface area contributed by atoms with E-state index in [9.17, 15) is 4.79 Å². The van der Waals surface area contributed by atoms with E-state index in [-0.39, 0.29) is 13.3 Å². The molecule has 0 saturated heterocycles. The molecule has 0 N–H and O–H groups in total. The van der Waals surface area contributed by atoms with E-state index >= 15 is 0 Å². The quantitative estimate of drug-likeness (QED) is 0.553. The molecule has 0 unspecified atom stereocenters. The number of aliphatic imine (C=N–C) groups is 1. The van der Waals surface area contributed by atoms with Gasteiger partial charge in [-0.15, -0.1) is 0 Å². The zero-order valence-corrected chi connectivity index (χ0v) is 8.15. The summed E-state index contributed by atoms with van der Waals surface area (Å²) in [6.45, 7) is 0.433. The first kappa shape index (κ1) is 9.55. The Labute approximate surface area is 86.3 Å². The topological polar surface area (TPSA) is 57.1 Å². The van der Waals surface area contributed by atoms with Crippen molar-refractivity contribution in [2.24, 2.45) is 4.99 Å². The van der Waals surface area contributed by atoms with Crippen molar-refractivity contribution in [2.45, 2.75) is 6.54 Å². The lowest BCUT2D eigenvalue weighted by molar-refractivity contribution is 0.174. The Balaban J connectivity index is 2.39. The molecule has 5 nitrogen and oxygen atoms in total. The van der Waals surface area contributed by atoms with Gasteiger partial charge in [-0.25, -0.2) is 9.79 Å². The lowest BCUT2D eigenvalue weighted by Gasteiger charge is -2.06. The highest BCUT2D eigenvalue weighted by atomic mass is 16.7. The summed E-state index contributed by atoms with van der Waals surface area (Å²) in [7, 11) is 1.55. The maximum atomic E-state index is 10.0. The van der Waals surface area contributed by atoms with Gasteiger partial charge in [0, 0.05) is 11.6 Å². The van der Waals surface area contributed by atoms with Gasteiger partial charge in [0.25, 0.3) is 0 Å². The number of hydrogen-bond acceptors (Lipinski definition) is 5. The zero-order valence-electron chi connectivity index (χ0n) is 8.15. The molecule has 0 radical (unpaired) electrons. The van der Waals surface area contributed by atoms with Crippen LogP contribution in [0.15, 0.2) is 17.1 Å². The molecular formula is C10H9NO4. The second-order valence-electron chi connectivity index (χ2n) is 2.92. The van der Waals surface area contributed by atoms with Crippen LogP contribution in [0.4, 0.5) is 0 Å². The summed E-state index contributed by atoms with van der Waals surface area (Å²) in [5, 5.41) is 0. The molecule has 1 aliphatic rings. The first-order valence-electron chi connectivity index (χ1n) is 4.35. The number of ether oxygens (including phenoxy) is 3. The molecule has 1 aromatic rings. The van der Waals surface area contributed by atoms with Crippen LogP contribution in [0, 0.1) is 0 Å². The molecule has 1 aromatic carbocycles. The van der Waals surface area contributed by atoms with Crippen molar-refractivity contribution in [3.8, 4) is 17.2 Å². The highest BCUT2D eigenvalue weighted by Gasteiger charge is 2.17. The Morgan fingerprint density at radius 3 is 2.87 bits per heavy atom. The minimum Gasteiger partial charge on any atom is -0.496 e. The van der Waals surface area contributed by atoms with Crippen molar-refractivity contribution in [3.63, 3.8) is 0 Å². The standard InChI is InChI=1S/C10H9NO4/c1-13-8-3-10-9(14-6-15-10)2-7(8)4-11-5-12/h2-3H,4,6H2,1H3. The van der Waals surface area contributed by atoms with E-state index in [0.717, 1.165) is 5.56 Å². The fraction of sp³-hybridized carbons (Fsp3) is 0.300. The van der Waals surface area contributed by atoms with Crippen LogP contribution in [0.25, 0.3) is 0 Å². The van der Waals surface area contributed by atoms with Crippen LogP contribution in [-0.4, -0.2) is 20.0 Å². The normalized spacial score (nSPS) is 12.1. The molecule has 0 saturated carbocycles. The number of isocyanates is 1. The predicted octanol–water partition coefficient (Wildman–Crippen LogP) is 1.26. The SMILES string of the molecule is COc1cc2c(cc1CN=C=O)OCO2. The smallest absolute Gasteiger partial charge is 0.235 e. The van der Waals surface area contributed by atoms with Gasteiger partial charge in [-0.2, -0.15) is 0 Å². The fourth-order valence-electron chi connectivity index (χ4n) is 1.40. The molecule has 15 heavy (non-hydrogen) atoms. The Morgan fingerprint density at radius 2 is 2.20 bits per heavy atom. The summed E-state index contributed by atoms with van der Waals surface area (Å²) >= 11 is 0. The lowest BCUT2D eigenvalue weighted by Crippen LogP contribution is -1.92. The number of hydrogen-bond donors (Lipinski definition) is 0. The van der Waals surface area contributed by atoms with E-state index < -0.39 is 0 Å². The Hall–Kier alpha value is -2.00. The molecular weight excluding hydrogens is 198 g/mol. The largest absolute Gasteiger partial charge is 0.496 e. The molecule has 1 heterocycles.